The number of rotatable bonds is 2. The average Bonchev–Trinajstić information content (AvgIpc) is 2.84. The molecule has 0 bridgehead atoms. The smallest absolute Gasteiger partial charge is 0.00264 e. The minimum atomic E-state index is 1.25. The molecule has 0 heterocycles. The van der Waals surface area contributed by atoms with E-state index in [1.807, 2.05) is 0 Å². The molecule has 6 aromatic carbocycles. The van der Waals surface area contributed by atoms with Gasteiger partial charge in [-0.1, -0.05) is 109 Å². The molecule has 0 aliphatic carbocycles. The molecule has 6 rings (SSSR count). The van der Waals surface area contributed by atoms with Crippen LogP contribution in [0.2, 0.25) is 0 Å². The lowest BCUT2D eigenvalue weighted by Crippen LogP contribution is -1.86. The van der Waals surface area contributed by atoms with Crippen LogP contribution < -0.4 is 0 Å². The highest BCUT2D eigenvalue weighted by Crippen LogP contribution is 2.39. The third kappa shape index (κ3) is 2.69. The zero-order valence-electron chi connectivity index (χ0n) is 16.5. The van der Waals surface area contributed by atoms with E-state index in [2.05, 4.69) is 121 Å². The molecule has 0 atom stereocenters. The molecule has 0 nitrogen and oxygen atoms in total. The van der Waals surface area contributed by atoms with E-state index in [-0.39, 0.29) is 0 Å². The van der Waals surface area contributed by atoms with Crippen molar-refractivity contribution in [3.05, 3.63) is 121 Å². The van der Waals surface area contributed by atoms with Gasteiger partial charge in [-0.25, -0.2) is 0 Å². The Hall–Kier alpha value is -3.90. The largest absolute Gasteiger partial charge is 0.0622 e. The Bertz CT molecular complexity index is 1510. The average molecular weight is 380 g/mol. The summed E-state index contributed by atoms with van der Waals surface area (Å²) in [6.07, 6.45) is 0. The fourth-order valence-electron chi connectivity index (χ4n) is 4.60. The number of fused-ring (bicyclic) bond motifs is 5. The lowest BCUT2D eigenvalue weighted by Gasteiger charge is -2.14. The quantitative estimate of drug-likeness (QED) is 0.264. The molecule has 0 fully saturated rings. The molecule has 0 saturated carbocycles. The third-order valence-electron chi connectivity index (χ3n) is 6.03. The predicted octanol–water partition coefficient (Wildman–Crippen LogP) is 8.48. The Morgan fingerprint density at radius 1 is 0.333 bits per heavy atom. The first-order valence-corrected chi connectivity index (χ1v) is 10.4. The Morgan fingerprint density at radius 3 is 1.73 bits per heavy atom. The molecule has 0 unspecified atom stereocenters. The summed E-state index contributed by atoms with van der Waals surface area (Å²) >= 11 is 0. The molecule has 0 aromatic heterocycles. The fraction of sp³-hybridized carbons (Fsp3) is 0. The maximum atomic E-state index is 2.34. The molecule has 0 spiro atoms. The Kier molecular flexibility index (Phi) is 3.89. The molecule has 0 N–H and O–H groups in total. The lowest BCUT2D eigenvalue weighted by molar-refractivity contribution is 1.65. The van der Waals surface area contributed by atoms with E-state index in [1.54, 1.807) is 0 Å². The van der Waals surface area contributed by atoms with Gasteiger partial charge in [0, 0.05) is 0 Å². The normalized spacial score (nSPS) is 11.3. The molecule has 6 aromatic rings. The van der Waals surface area contributed by atoms with Crippen LogP contribution in [0.1, 0.15) is 0 Å². The maximum absolute atomic E-state index is 2.34. The molecular formula is C30H20. The van der Waals surface area contributed by atoms with Crippen molar-refractivity contribution < 1.29 is 0 Å². The van der Waals surface area contributed by atoms with Crippen molar-refractivity contribution in [2.75, 3.05) is 0 Å². The topological polar surface area (TPSA) is 0 Å². The van der Waals surface area contributed by atoms with Crippen molar-refractivity contribution in [2.45, 2.75) is 0 Å². The highest BCUT2D eigenvalue weighted by Gasteiger charge is 2.11. The Morgan fingerprint density at radius 2 is 0.967 bits per heavy atom. The van der Waals surface area contributed by atoms with Gasteiger partial charge >= 0.3 is 0 Å². The summed E-state index contributed by atoms with van der Waals surface area (Å²) in [4.78, 5) is 0. The van der Waals surface area contributed by atoms with E-state index in [0.717, 1.165) is 0 Å². The minimum absolute atomic E-state index is 1.25. The van der Waals surface area contributed by atoms with Crippen LogP contribution >= 0.6 is 0 Å². The van der Waals surface area contributed by atoms with Gasteiger partial charge in [-0.3, -0.25) is 0 Å². The summed E-state index contributed by atoms with van der Waals surface area (Å²) < 4.78 is 0. The minimum Gasteiger partial charge on any atom is -0.0622 e. The SMILES string of the molecule is c1ccc(-c2ccc3c(ccc4cc(-c5ccccc5)c5ccccc5c43)c2)cc1. The van der Waals surface area contributed by atoms with E-state index in [0.29, 0.717) is 0 Å². The lowest BCUT2D eigenvalue weighted by atomic mass is 9.90. The van der Waals surface area contributed by atoms with Gasteiger partial charge < -0.3 is 0 Å². The molecular weight excluding hydrogens is 360 g/mol. The molecule has 0 saturated heterocycles. The van der Waals surface area contributed by atoms with Crippen molar-refractivity contribution in [1.82, 2.24) is 0 Å². The van der Waals surface area contributed by atoms with Crippen LogP contribution in [0.4, 0.5) is 0 Å². The van der Waals surface area contributed by atoms with Crippen LogP contribution in [-0.2, 0) is 0 Å². The van der Waals surface area contributed by atoms with Crippen LogP contribution in [0.15, 0.2) is 121 Å². The third-order valence-corrected chi connectivity index (χ3v) is 6.03. The van der Waals surface area contributed by atoms with Crippen LogP contribution in [0.5, 0.6) is 0 Å². The van der Waals surface area contributed by atoms with Crippen LogP contribution in [-0.4, -0.2) is 0 Å². The van der Waals surface area contributed by atoms with Crippen molar-refractivity contribution in [3.63, 3.8) is 0 Å². The van der Waals surface area contributed by atoms with E-state index in [4.69, 9.17) is 0 Å². The summed E-state index contributed by atoms with van der Waals surface area (Å²) in [5.41, 5.74) is 5.06. The van der Waals surface area contributed by atoms with E-state index in [9.17, 15) is 0 Å². The van der Waals surface area contributed by atoms with Gasteiger partial charge in [0.2, 0.25) is 0 Å². The van der Waals surface area contributed by atoms with Crippen molar-refractivity contribution in [3.8, 4) is 22.3 Å². The molecule has 140 valence electrons. The predicted molar refractivity (Wildman–Crippen MR) is 130 cm³/mol. The molecule has 30 heavy (non-hydrogen) atoms. The van der Waals surface area contributed by atoms with E-state index >= 15 is 0 Å². The van der Waals surface area contributed by atoms with Crippen LogP contribution in [0, 0.1) is 0 Å². The van der Waals surface area contributed by atoms with E-state index in [1.165, 1.54) is 54.6 Å². The summed E-state index contributed by atoms with van der Waals surface area (Å²) in [6, 6.07) is 43.8. The second kappa shape index (κ2) is 6.86. The fourth-order valence-corrected chi connectivity index (χ4v) is 4.60. The van der Waals surface area contributed by atoms with Gasteiger partial charge in [0.05, 0.1) is 0 Å². The molecule has 0 radical (unpaired) electrons. The Balaban J connectivity index is 1.68. The number of hydrogen-bond acceptors (Lipinski definition) is 0. The van der Waals surface area contributed by atoms with Gasteiger partial charge in [0.1, 0.15) is 0 Å². The molecule has 0 amide bonds. The van der Waals surface area contributed by atoms with Crippen molar-refractivity contribution in [2.24, 2.45) is 0 Å². The van der Waals surface area contributed by atoms with Gasteiger partial charge in [-0.05, 0) is 66.7 Å². The van der Waals surface area contributed by atoms with Gasteiger partial charge in [0.25, 0.3) is 0 Å². The molecule has 0 aliphatic heterocycles. The van der Waals surface area contributed by atoms with Crippen LogP contribution in [0.3, 0.4) is 0 Å². The highest BCUT2D eigenvalue weighted by atomic mass is 14.1. The second-order valence-corrected chi connectivity index (χ2v) is 7.80. The molecule has 0 heteroatoms. The summed E-state index contributed by atoms with van der Waals surface area (Å²) in [5.74, 6) is 0. The second-order valence-electron chi connectivity index (χ2n) is 7.80. The Labute approximate surface area is 176 Å². The van der Waals surface area contributed by atoms with Gasteiger partial charge in [-0.2, -0.15) is 0 Å². The van der Waals surface area contributed by atoms with E-state index < -0.39 is 0 Å². The maximum Gasteiger partial charge on any atom is -0.00264 e. The molecule has 0 aliphatic rings. The van der Waals surface area contributed by atoms with Gasteiger partial charge in [0.15, 0.2) is 0 Å². The van der Waals surface area contributed by atoms with Crippen molar-refractivity contribution in [1.29, 1.82) is 0 Å². The van der Waals surface area contributed by atoms with Crippen molar-refractivity contribution >= 4 is 32.3 Å². The summed E-state index contributed by atoms with van der Waals surface area (Å²) in [7, 11) is 0. The zero-order valence-corrected chi connectivity index (χ0v) is 16.5. The number of benzene rings is 6. The first kappa shape index (κ1) is 17.0. The van der Waals surface area contributed by atoms with Gasteiger partial charge in [-0.15, -0.1) is 0 Å². The van der Waals surface area contributed by atoms with Crippen LogP contribution in [0.25, 0.3) is 54.6 Å². The standard InChI is InChI=1S/C30H20/c1-3-9-21(10-4-1)23-17-18-26-24(19-23)15-16-25-20-29(22-11-5-2-6-12-22)27-13-7-8-14-28(27)30(25)26/h1-20H. The first-order chi connectivity index (χ1) is 14.9. The first-order valence-electron chi connectivity index (χ1n) is 10.4. The summed E-state index contributed by atoms with van der Waals surface area (Å²) in [5, 5.41) is 7.82. The monoisotopic (exact) mass is 380 g/mol. The number of hydrogen-bond donors (Lipinski definition) is 0. The summed E-state index contributed by atoms with van der Waals surface area (Å²) in [6.45, 7) is 0. The zero-order chi connectivity index (χ0) is 19.9. The highest BCUT2D eigenvalue weighted by molar-refractivity contribution is 6.23.